The van der Waals surface area contributed by atoms with Crippen LogP contribution in [0.2, 0.25) is 0 Å². The molecule has 3 N–H and O–H groups in total. The highest BCUT2D eigenvalue weighted by Crippen LogP contribution is 2.16. The summed E-state index contributed by atoms with van der Waals surface area (Å²) in [7, 11) is 1.46. The number of benzene rings is 1. The van der Waals surface area contributed by atoms with Crippen molar-refractivity contribution in [2.24, 2.45) is 0 Å². The third-order valence-electron chi connectivity index (χ3n) is 2.67. The van der Waals surface area contributed by atoms with Crippen LogP contribution in [-0.4, -0.2) is 24.0 Å². The zero-order valence-corrected chi connectivity index (χ0v) is 14.3. The van der Waals surface area contributed by atoms with Gasteiger partial charge in [0.1, 0.15) is 5.75 Å². The van der Waals surface area contributed by atoms with Crippen LogP contribution in [0.1, 0.15) is 20.9 Å². The molecule has 0 aliphatic carbocycles. The Morgan fingerprint density at radius 3 is 2.52 bits per heavy atom. The summed E-state index contributed by atoms with van der Waals surface area (Å²) in [6.45, 7) is 0. The molecule has 2 amide bonds. The van der Waals surface area contributed by atoms with Gasteiger partial charge in [-0.25, -0.2) is 0 Å². The quantitative estimate of drug-likeness (QED) is 0.541. The first-order chi connectivity index (χ1) is 11.0. The maximum atomic E-state index is 12.0. The minimum Gasteiger partial charge on any atom is -0.496 e. The molecule has 0 fully saturated rings. The van der Waals surface area contributed by atoms with Crippen LogP contribution in [0.5, 0.6) is 5.75 Å². The Morgan fingerprint density at radius 2 is 1.87 bits per heavy atom. The molecule has 23 heavy (non-hydrogen) atoms. The van der Waals surface area contributed by atoms with Crippen LogP contribution in [0, 0.1) is 0 Å². The summed E-state index contributed by atoms with van der Waals surface area (Å²) in [4.78, 5) is 23.8. The minimum absolute atomic E-state index is 0.0780. The zero-order valence-electron chi connectivity index (χ0n) is 11.9. The molecule has 0 aliphatic rings. The Balaban J connectivity index is 1.89. The van der Waals surface area contributed by atoms with Crippen LogP contribution in [0.3, 0.4) is 0 Å². The summed E-state index contributed by atoms with van der Waals surface area (Å²) in [5.41, 5.74) is 5.13. The molecule has 0 radical (unpaired) electrons. The second kappa shape index (κ2) is 7.75. The largest absolute Gasteiger partial charge is 0.496 e. The van der Waals surface area contributed by atoms with E-state index in [0.29, 0.717) is 16.0 Å². The van der Waals surface area contributed by atoms with Gasteiger partial charge in [0.2, 0.25) is 0 Å². The smallest absolute Gasteiger partial charge is 0.293 e. The molecule has 1 aromatic heterocycles. The third kappa shape index (κ3) is 4.54. The fourth-order valence-corrected chi connectivity index (χ4v) is 2.10. The Labute approximate surface area is 145 Å². The number of amides is 2. The summed E-state index contributed by atoms with van der Waals surface area (Å²) >= 11 is 8.02. The number of carbonyl (C=O) groups is 2. The summed E-state index contributed by atoms with van der Waals surface area (Å²) in [6.07, 6.45) is 0. The Hall–Kier alpha value is -2.39. The lowest BCUT2D eigenvalue weighted by molar-refractivity contribution is 0.0924. The van der Waals surface area contributed by atoms with Crippen molar-refractivity contribution in [2.45, 2.75) is 0 Å². The number of halogens is 1. The van der Waals surface area contributed by atoms with Gasteiger partial charge in [-0.2, -0.15) is 0 Å². The molecule has 0 saturated heterocycles. The molecule has 0 atom stereocenters. The summed E-state index contributed by atoms with van der Waals surface area (Å²) in [5.74, 6) is -0.501. The number of methoxy groups -OCH3 is 1. The molecule has 7 nitrogen and oxygen atoms in total. The SMILES string of the molecule is COc1ccccc1C(=O)NNC(=S)NC(=O)c1ccc(Br)o1. The van der Waals surface area contributed by atoms with E-state index in [-0.39, 0.29) is 10.9 Å². The molecule has 1 aromatic carbocycles. The summed E-state index contributed by atoms with van der Waals surface area (Å²) in [5, 5.41) is 2.29. The molecular formula is C14H12BrN3O4S. The number of hydrazine groups is 1. The number of rotatable bonds is 3. The monoisotopic (exact) mass is 397 g/mol. The molecule has 2 aromatic rings. The van der Waals surface area contributed by atoms with Gasteiger partial charge in [-0.1, -0.05) is 12.1 Å². The van der Waals surface area contributed by atoms with Crippen molar-refractivity contribution in [1.82, 2.24) is 16.2 Å². The van der Waals surface area contributed by atoms with Crippen molar-refractivity contribution in [3.8, 4) is 5.75 Å². The second-order valence-corrected chi connectivity index (χ2v) is 5.36. The van der Waals surface area contributed by atoms with Crippen molar-refractivity contribution >= 4 is 45.1 Å². The third-order valence-corrected chi connectivity index (χ3v) is 3.30. The van der Waals surface area contributed by atoms with Crippen molar-refractivity contribution < 1.29 is 18.7 Å². The van der Waals surface area contributed by atoms with Gasteiger partial charge < -0.3 is 9.15 Å². The fraction of sp³-hybridized carbons (Fsp3) is 0.0714. The maximum Gasteiger partial charge on any atom is 0.293 e. The molecule has 0 aliphatic heterocycles. The van der Waals surface area contributed by atoms with E-state index in [2.05, 4.69) is 32.1 Å². The number of hydrogen-bond donors (Lipinski definition) is 3. The molecule has 1 heterocycles. The number of nitrogens with one attached hydrogen (secondary N) is 3. The fourth-order valence-electron chi connectivity index (χ4n) is 1.65. The molecule has 0 spiro atoms. The lowest BCUT2D eigenvalue weighted by atomic mass is 10.2. The van der Waals surface area contributed by atoms with Crippen LogP contribution in [0.25, 0.3) is 0 Å². The number of hydrogen-bond acceptors (Lipinski definition) is 5. The van der Waals surface area contributed by atoms with Crippen LogP contribution in [0.4, 0.5) is 0 Å². The average Bonchev–Trinajstić information content (AvgIpc) is 2.99. The number of carbonyl (C=O) groups excluding carboxylic acids is 2. The molecule has 2 rings (SSSR count). The van der Waals surface area contributed by atoms with Gasteiger partial charge in [0.05, 0.1) is 12.7 Å². The van der Waals surface area contributed by atoms with E-state index >= 15 is 0 Å². The molecular weight excluding hydrogens is 386 g/mol. The van der Waals surface area contributed by atoms with E-state index in [1.54, 1.807) is 30.3 Å². The van der Waals surface area contributed by atoms with Gasteiger partial charge in [0, 0.05) is 0 Å². The van der Waals surface area contributed by atoms with E-state index < -0.39 is 11.8 Å². The molecule has 120 valence electrons. The van der Waals surface area contributed by atoms with Gasteiger partial charge >= 0.3 is 0 Å². The predicted molar refractivity (Wildman–Crippen MR) is 90.1 cm³/mol. The lowest BCUT2D eigenvalue weighted by Gasteiger charge is -2.11. The molecule has 0 bridgehead atoms. The van der Waals surface area contributed by atoms with Crippen LogP contribution >= 0.6 is 28.1 Å². The topological polar surface area (TPSA) is 92.6 Å². The number of furan rings is 1. The van der Waals surface area contributed by atoms with E-state index in [4.69, 9.17) is 21.4 Å². The molecule has 9 heteroatoms. The van der Waals surface area contributed by atoms with Gasteiger partial charge in [0.25, 0.3) is 11.8 Å². The van der Waals surface area contributed by atoms with Gasteiger partial charge in [-0.15, -0.1) is 0 Å². The van der Waals surface area contributed by atoms with E-state index in [0.717, 1.165) is 0 Å². The highest BCUT2D eigenvalue weighted by molar-refractivity contribution is 9.10. The number of para-hydroxylation sites is 1. The second-order valence-electron chi connectivity index (χ2n) is 4.17. The highest BCUT2D eigenvalue weighted by Gasteiger charge is 2.14. The van der Waals surface area contributed by atoms with Gasteiger partial charge in [-0.05, 0) is 52.4 Å². The summed E-state index contributed by atoms with van der Waals surface area (Å²) in [6, 6.07) is 9.76. The van der Waals surface area contributed by atoms with Gasteiger partial charge in [0.15, 0.2) is 15.5 Å². The lowest BCUT2D eigenvalue weighted by Crippen LogP contribution is -2.48. The summed E-state index contributed by atoms with van der Waals surface area (Å²) < 4.78 is 10.6. The normalized spacial score (nSPS) is 9.83. The van der Waals surface area contributed by atoms with E-state index in [9.17, 15) is 9.59 Å². The Kier molecular flexibility index (Phi) is 5.72. The number of thiocarbonyl (C=S) groups is 1. The van der Waals surface area contributed by atoms with E-state index in [1.807, 2.05) is 0 Å². The van der Waals surface area contributed by atoms with E-state index in [1.165, 1.54) is 13.2 Å². The van der Waals surface area contributed by atoms with Crippen LogP contribution < -0.4 is 20.9 Å². The zero-order chi connectivity index (χ0) is 16.8. The number of ether oxygens (including phenoxy) is 1. The van der Waals surface area contributed by atoms with Crippen LogP contribution in [0.15, 0.2) is 45.5 Å². The van der Waals surface area contributed by atoms with Crippen molar-refractivity contribution in [3.05, 3.63) is 52.4 Å². The van der Waals surface area contributed by atoms with Crippen molar-refractivity contribution in [3.63, 3.8) is 0 Å². The van der Waals surface area contributed by atoms with Crippen molar-refractivity contribution in [2.75, 3.05) is 7.11 Å². The first kappa shape index (κ1) is 17.0. The first-order valence-corrected chi connectivity index (χ1v) is 7.51. The Morgan fingerprint density at radius 1 is 1.13 bits per heavy atom. The highest BCUT2D eigenvalue weighted by atomic mass is 79.9. The standard InChI is InChI=1S/C14H12BrN3O4S/c1-21-9-5-3-2-4-8(9)12(19)17-18-14(23)16-13(20)10-6-7-11(15)22-10/h2-7H,1H3,(H,17,19)(H2,16,18,20,23). The predicted octanol–water partition coefficient (Wildman–Crippen LogP) is 2.00. The first-order valence-electron chi connectivity index (χ1n) is 6.31. The molecule has 0 unspecified atom stereocenters. The maximum absolute atomic E-state index is 12.0. The van der Waals surface area contributed by atoms with Crippen LogP contribution in [-0.2, 0) is 0 Å². The Bertz CT molecular complexity index is 747. The minimum atomic E-state index is -0.542. The average molecular weight is 398 g/mol. The molecule has 0 saturated carbocycles. The van der Waals surface area contributed by atoms with Gasteiger partial charge in [-0.3, -0.25) is 25.8 Å². The van der Waals surface area contributed by atoms with Crippen molar-refractivity contribution in [1.29, 1.82) is 0 Å².